The van der Waals surface area contributed by atoms with Gasteiger partial charge >= 0.3 is 0 Å². The number of aromatic nitrogens is 4. The van der Waals surface area contributed by atoms with E-state index in [2.05, 4.69) is 31.8 Å². The van der Waals surface area contributed by atoms with Gasteiger partial charge in [-0.05, 0) is 38.0 Å². The normalized spacial score (nSPS) is 12.4. The van der Waals surface area contributed by atoms with E-state index in [0.29, 0.717) is 23.5 Å². The molecule has 0 unspecified atom stereocenters. The van der Waals surface area contributed by atoms with Crippen LogP contribution in [0.2, 0.25) is 0 Å². The molecule has 3 aromatic rings. The number of nitrogens with two attached hydrogens (primary N) is 2. The quantitative estimate of drug-likeness (QED) is 0.641. The SMILES string of the molecule is CCc1nc(N)nc(N)c1C#CC(C)(C)c1cc2c(c(-c3cncnc3)c1)OCO2. The van der Waals surface area contributed by atoms with Gasteiger partial charge in [-0.2, -0.15) is 4.98 Å². The van der Waals surface area contributed by atoms with E-state index in [0.717, 1.165) is 22.4 Å². The number of ether oxygens (including phenoxy) is 2. The Bertz CT molecular complexity index is 1170. The molecule has 0 amide bonds. The van der Waals surface area contributed by atoms with E-state index in [1.54, 1.807) is 12.4 Å². The fourth-order valence-electron chi connectivity index (χ4n) is 3.25. The molecule has 8 heteroatoms. The number of nitrogen functional groups attached to an aromatic ring is 2. The topological polar surface area (TPSA) is 122 Å². The number of nitrogens with zero attached hydrogens (tertiary/aromatic N) is 4. The number of benzene rings is 1. The fraction of sp³-hybridized carbons (Fsp3) is 0.273. The summed E-state index contributed by atoms with van der Waals surface area (Å²) in [6.07, 6.45) is 5.63. The molecule has 0 radical (unpaired) electrons. The lowest BCUT2D eigenvalue weighted by molar-refractivity contribution is 0.174. The molecule has 0 fully saturated rings. The summed E-state index contributed by atoms with van der Waals surface area (Å²) in [5, 5.41) is 0. The van der Waals surface area contributed by atoms with E-state index in [1.165, 1.54) is 6.33 Å². The molecule has 2 aromatic heterocycles. The minimum Gasteiger partial charge on any atom is -0.454 e. The average molecular weight is 402 g/mol. The van der Waals surface area contributed by atoms with Crippen LogP contribution in [-0.2, 0) is 11.8 Å². The van der Waals surface area contributed by atoms with Crippen LogP contribution in [-0.4, -0.2) is 26.7 Å². The molecule has 4 rings (SSSR count). The van der Waals surface area contributed by atoms with Gasteiger partial charge in [0.05, 0.1) is 16.7 Å². The summed E-state index contributed by atoms with van der Waals surface area (Å²) in [5.74, 6) is 8.29. The third kappa shape index (κ3) is 3.57. The smallest absolute Gasteiger partial charge is 0.231 e. The molecule has 0 aliphatic carbocycles. The molecule has 0 atom stereocenters. The summed E-state index contributed by atoms with van der Waals surface area (Å²) in [5.41, 5.74) is 15.3. The number of aryl methyl sites for hydroxylation is 1. The summed E-state index contributed by atoms with van der Waals surface area (Å²) >= 11 is 0. The van der Waals surface area contributed by atoms with Crippen molar-refractivity contribution in [2.75, 3.05) is 18.3 Å². The third-order valence-electron chi connectivity index (χ3n) is 4.93. The van der Waals surface area contributed by atoms with Crippen molar-refractivity contribution in [1.82, 2.24) is 19.9 Å². The van der Waals surface area contributed by atoms with Gasteiger partial charge in [0.2, 0.25) is 12.7 Å². The molecule has 0 spiro atoms. The molecule has 0 bridgehead atoms. The van der Waals surface area contributed by atoms with Gasteiger partial charge in [-0.3, -0.25) is 0 Å². The van der Waals surface area contributed by atoms with Gasteiger partial charge in [0.15, 0.2) is 11.5 Å². The predicted molar refractivity (Wildman–Crippen MR) is 114 cm³/mol. The van der Waals surface area contributed by atoms with Crippen molar-refractivity contribution < 1.29 is 9.47 Å². The lowest BCUT2D eigenvalue weighted by Gasteiger charge is -2.20. The Kier molecular flexibility index (Phi) is 4.88. The molecular formula is C22H22N6O2. The van der Waals surface area contributed by atoms with Gasteiger partial charge in [0.1, 0.15) is 12.1 Å². The molecule has 4 N–H and O–H groups in total. The first-order chi connectivity index (χ1) is 14.4. The highest BCUT2D eigenvalue weighted by Crippen LogP contribution is 2.44. The molecule has 30 heavy (non-hydrogen) atoms. The Balaban J connectivity index is 1.80. The van der Waals surface area contributed by atoms with Crippen LogP contribution in [0.25, 0.3) is 11.1 Å². The molecule has 0 saturated heterocycles. The molecule has 1 aliphatic rings. The van der Waals surface area contributed by atoms with Crippen LogP contribution in [0.1, 0.15) is 37.6 Å². The van der Waals surface area contributed by atoms with E-state index in [1.807, 2.05) is 32.9 Å². The van der Waals surface area contributed by atoms with Crippen LogP contribution in [0.3, 0.4) is 0 Å². The van der Waals surface area contributed by atoms with Crippen molar-refractivity contribution in [2.45, 2.75) is 32.6 Å². The largest absolute Gasteiger partial charge is 0.454 e. The number of fused-ring (bicyclic) bond motifs is 1. The van der Waals surface area contributed by atoms with E-state index in [-0.39, 0.29) is 18.6 Å². The Morgan fingerprint density at radius 1 is 1.10 bits per heavy atom. The zero-order valence-electron chi connectivity index (χ0n) is 17.1. The van der Waals surface area contributed by atoms with Crippen molar-refractivity contribution in [3.8, 4) is 34.5 Å². The maximum absolute atomic E-state index is 6.06. The Hall–Kier alpha value is -3.86. The molecule has 8 nitrogen and oxygen atoms in total. The minimum absolute atomic E-state index is 0.152. The number of hydrogen-bond donors (Lipinski definition) is 2. The van der Waals surface area contributed by atoms with Crippen molar-refractivity contribution in [1.29, 1.82) is 0 Å². The standard InChI is InChI=1S/C22H22N6O2/c1-4-17-15(20(23)28-21(24)27-17)5-6-22(2,3)14-7-16(13-9-25-11-26-10-13)19-18(8-14)29-12-30-19/h7-11H,4,12H2,1-3H3,(H4,23,24,27,28). The lowest BCUT2D eigenvalue weighted by atomic mass is 9.83. The molecule has 152 valence electrons. The first-order valence-corrected chi connectivity index (χ1v) is 9.53. The zero-order chi connectivity index (χ0) is 21.3. The highest BCUT2D eigenvalue weighted by atomic mass is 16.7. The van der Waals surface area contributed by atoms with Crippen LogP contribution >= 0.6 is 0 Å². The van der Waals surface area contributed by atoms with Crippen LogP contribution < -0.4 is 20.9 Å². The highest BCUT2D eigenvalue weighted by Gasteiger charge is 2.26. The van der Waals surface area contributed by atoms with Crippen LogP contribution in [0.5, 0.6) is 11.5 Å². The van der Waals surface area contributed by atoms with Crippen molar-refractivity contribution in [3.05, 3.63) is 47.7 Å². The fourth-order valence-corrected chi connectivity index (χ4v) is 3.25. The predicted octanol–water partition coefficient (Wildman–Crippen LogP) is 2.72. The monoisotopic (exact) mass is 402 g/mol. The number of anilines is 2. The Morgan fingerprint density at radius 3 is 2.60 bits per heavy atom. The molecule has 1 aliphatic heterocycles. The third-order valence-corrected chi connectivity index (χ3v) is 4.93. The van der Waals surface area contributed by atoms with Crippen LogP contribution in [0, 0.1) is 11.8 Å². The number of hydrogen-bond acceptors (Lipinski definition) is 8. The van der Waals surface area contributed by atoms with Crippen LogP contribution in [0.4, 0.5) is 11.8 Å². The van der Waals surface area contributed by atoms with E-state index in [9.17, 15) is 0 Å². The Labute approximate surface area is 174 Å². The zero-order valence-corrected chi connectivity index (χ0v) is 17.1. The minimum atomic E-state index is -0.524. The number of rotatable bonds is 3. The van der Waals surface area contributed by atoms with Gasteiger partial charge in [0, 0.05) is 23.5 Å². The molecule has 3 heterocycles. The highest BCUT2D eigenvalue weighted by molar-refractivity contribution is 5.75. The Morgan fingerprint density at radius 2 is 1.87 bits per heavy atom. The van der Waals surface area contributed by atoms with Crippen molar-refractivity contribution in [3.63, 3.8) is 0 Å². The summed E-state index contributed by atoms with van der Waals surface area (Å²) < 4.78 is 11.3. The van der Waals surface area contributed by atoms with Crippen LogP contribution in [0.15, 0.2) is 30.9 Å². The summed E-state index contributed by atoms with van der Waals surface area (Å²) in [6, 6.07) is 3.98. The molecule has 1 aromatic carbocycles. The maximum Gasteiger partial charge on any atom is 0.231 e. The van der Waals surface area contributed by atoms with Gasteiger partial charge < -0.3 is 20.9 Å². The molecular weight excluding hydrogens is 380 g/mol. The second-order valence-corrected chi connectivity index (χ2v) is 7.40. The van der Waals surface area contributed by atoms with E-state index >= 15 is 0 Å². The van der Waals surface area contributed by atoms with Gasteiger partial charge in [-0.1, -0.05) is 18.8 Å². The van der Waals surface area contributed by atoms with Crippen molar-refractivity contribution in [2.24, 2.45) is 0 Å². The van der Waals surface area contributed by atoms with Crippen molar-refractivity contribution >= 4 is 11.8 Å². The maximum atomic E-state index is 6.06. The lowest BCUT2D eigenvalue weighted by Crippen LogP contribution is -2.15. The van der Waals surface area contributed by atoms with Gasteiger partial charge in [-0.25, -0.2) is 15.0 Å². The summed E-state index contributed by atoms with van der Waals surface area (Å²) in [6.45, 7) is 6.21. The summed E-state index contributed by atoms with van der Waals surface area (Å²) in [4.78, 5) is 16.5. The average Bonchev–Trinajstić information content (AvgIpc) is 3.21. The first kappa shape index (κ1) is 19.5. The van der Waals surface area contributed by atoms with Gasteiger partial charge in [-0.15, -0.1) is 0 Å². The second kappa shape index (κ2) is 7.52. The molecule has 0 saturated carbocycles. The van der Waals surface area contributed by atoms with E-state index < -0.39 is 5.41 Å². The second-order valence-electron chi connectivity index (χ2n) is 7.40. The summed E-state index contributed by atoms with van der Waals surface area (Å²) in [7, 11) is 0. The first-order valence-electron chi connectivity index (χ1n) is 9.53. The van der Waals surface area contributed by atoms with E-state index in [4.69, 9.17) is 20.9 Å². The van der Waals surface area contributed by atoms with Gasteiger partial charge in [0.25, 0.3) is 0 Å².